The molecule has 0 fully saturated rings. The van der Waals surface area contributed by atoms with Crippen molar-refractivity contribution in [2.75, 3.05) is 11.9 Å². The highest BCUT2D eigenvalue weighted by atomic mass is 127. The van der Waals surface area contributed by atoms with Crippen molar-refractivity contribution < 1.29 is 9.53 Å². The van der Waals surface area contributed by atoms with E-state index >= 15 is 0 Å². The van der Waals surface area contributed by atoms with E-state index < -0.39 is 5.97 Å². The minimum atomic E-state index is -0.421. The lowest BCUT2D eigenvalue weighted by Gasteiger charge is -2.08. The van der Waals surface area contributed by atoms with Crippen LogP contribution in [0.15, 0.2) is 23.7 Å². The lowest BCUT2D eigenvalue weighted by molar-refractivity contribution is 0.0521. The third-order valence-electron chi connectivity index (χ3n) is 2.22. The van der Waals surface area contributed by atoms with Gasteiger partial charge in [0, 0.05) is 8.59 Å². The second kappa shape index (κ2) is 6.53. The van der Waals surface area contributed by atoms with Crippen LogP contribution in [0.5, 0.6) is 0 Å². The van der Waals surface area contributed by atoms with Crippen molar-refractivity contribution in [3.63, 3.8) is 0 Å². The SMILES string of the molecule is CCOC(=O)c1ncsc1Nc1ccc(Cl)cc1I. The van der Waals surface area contributed by atoms with Crippen LogP contribution >= 0.6 is 45.5 Å². The number of carbonyl (C=O) groups is 1. The Morgan fingerprint density at radius 2 is 2.37 bits per heavy atom. The lowest BCUT2D eigenvalue weighted by Crippen LogP contribution is -2.07. The molecule has 0 atom stereocenters. The molecular weight excluding hydrogens is 399 g/mol. The summed E-state index contributed by atoms with van der Waals surface area (Å²) in [7, 11) is 0. The third kappa shape index (κ3) is 3.58. The number of ether oxygens (including phenoxy) is 1. The zero-order valence-electron chi connectivity index (χ0n) is 9.94. The number of nitrogens with zero attached hydrogens (tertiary/aromatic N) is 1. The summed E-state index contributed by atoms with van der Waals surface area (Å²) < 4.78 is 5.92. The summed E-state index contributed by atoms with van der Waals surface area (Å²) in [6.07, 6.45) is 0. The quantitative estimate of drug-likeness (QED) is 0.605. The third-order valence-corrected chi connectivity index (χ3v) is 4.09. The smallest absolute Gasteiger partial charge is 0.360 e. The van der Waals surface area contributed by atoms with Gasteiger partial charge in [-0.2, -0.15) is 0 Å². The van der Waals surface area contributed by atoms with Gasteiger partial charge in [-0.15, -0.1) is 11.3 Å². The molecule has 4 nitrogen and oxygen atoms in total. The van der Waals surface area contributed by atoms with Gasteiger partial charge in [-0.25, -0.2) is 9.78 Å². The fraction of sp³-hybridized carbons (Fsp3) is 0.167. The van der Waals surface area contributed by atoms with E-state index in [0.29, 0.717) is 22.3 Å². The molecule has 2 rings (SSSR count). The first kappa shape index (κ1) is 14.5. The molecule has 1 N–H and O–H groups in total. The van der Waals surface area contributed by atoms with Crippen LogP contribution in [-0.2, 0) is 4.74 Å². The Morgan fingerprint density at radius 3 is 3.05 bits per heavy atom. The van der Waals surface area contributed by atoms with Gasteiger partial charge in [0.1, 0.15) is 5.00 Å². The van der Waals surface area contributed by atoms with E-state index in [1.165, 1.54) is 11.3 Å². The van der Waals surface area contributed by atoms with E-state index in [1.54, 1.807) is 18.5 Å². The average Bonchev–Trinajstić information content (AvgIpc) is 2.81. The van der Waals surface area contributed by atoms with E-state index in [1.807, 2.05) is 12.1 Å². The molecule has 0 radical (unpaired) electrons. The number of hydrogen-bond donors (Lipinski definition) is 1. The van der Waals surface area contributed by atoms with Crippen molar-refractivity contribution >= 4 is 62.2 Å². The summed E-state index contributed by atoms with van der Waals surface area (Å²) in [5.41, 5.74) is 2.79. The molecule has 0 aliphatic carbocycles. The van der Waals surface area contributed by atoms with Crippen LogP contribution in [0.1, 0.15) is 17.4 Å². The number of carbonyl (C=O) groups excluding carboxylic acids is 1. The van der Waals surface area contributed by atoms with E-state index in [4.69, 9.17) is 16.3 Å². The molecule has 1 aromatic heterocycles. The highest BCUT2D eigenvalue weighted by Gasteiger charge is 2.16. The molecule has 2 aromatic rings. The Balaban J connectivity index is 2.24. The van der Waals surface area contributed by atoms with Gasteiger partial charge in [0.2, 0.25) is 0 Å². The highest BCUT2D eigenvalue weighted by molar-refractivity contribution is 14.1. The molecule has 0 spiro atoms. The summed E-state index contributed by atoms with van der Waals surface area (Å²) in [6.45, 7) is 2.09. The zero-order chi connectivity index (χ0) is 13.8. The molecule has 0 saturated heterocycles. The molecule has 19 heavy (non-hydrogen) atoms. The summed E-state index contributed by atoms with van der Waals surface area (Å²) in [5.74, 6) is -0.421. The summed E-state index contributed by atoms with van der Waals surface area (Å²) >= 11 is 9.44. The van der Waals surface area contributed by atoms with Crippen LogP contribution in [0.4, 0.5) is 10.7 Å². The predicted octanol–water partition coefficient (Wildman–Crippen LogP) is 4.32. The largest absolute Gasteiger partial charge is 0.461 e. The van der Waals surface area contributed by atoms with Crippen molar-refractivity contribution in [1.82, 2.24) is 4.98 Å². The molecule has 1 aromatic carbocycles. The van der Waals surface area contributed by atoms with Crippen LogP contribution in [0, 0.1) is 3.57 Å². The molecule has 0 bridgehead atoms. The molecule has 100 valence electrons. The number of halogens is 2. The second-order valence-corrected chi connectivity index (χ2v) is 5.95. The zero-order valence-corrected chi connectivity index (χ0v) is 13.7. The Kier molecular flexibility index (Phi) is 5.00. The van der Waals surface area contributed by atoms with Crippen molar-refractivity contribution in [2.45, 2.75) is 6.92 Å². The Bertz CT molecular complexity index is 603. The standard InChI is InChI=1S/C12H10ClIN2O2S/c1-2-18-12(17)10-11(19-6-15-10)16-9-4-3-7(13)5-8(9)14/h3-6,16H,2H2,1H3. The van der Waals surface area contributed by atoms with Crippen LogP contribution < -0.4 is 5.32 Å². The van der Waals surface area contributed by atoms with Gasteiger partial charge in [0.05, 0.1) is 17.8 Å². The number of anilines is 2. The summed E-state index contributed by atoms with van der Waals surface area (Å²) in [6, 6.07) is 5.49. The monoisotopic (exact) mass is 408 g/mol. The molecule has 0 amide bonds. The normalized spacial score (nSPS) is 10.3. The molecule has 7 heteroatoms. The molecule has 1 heterocycles. The maximum Gasteiger partial charge on any atom is 0.360 e. The first-order valence-electron chi connectivity index (χ1n) is 5.44. The minimum absolute atomic E-state index is 0.303. The van der Waals surface area contributed by atoms with Crippen LogP contribution in [0.3, 0.4) is 0 Å². The number of esters is 1. The first-order chi connectivity index (χ1) is 9.11. The second-order valence-electron chi connectivity index (χ2n) is 3.50. The highest BCUT2D eigenvalue weighted by Crippen LogP contribution is 2.29. The summed E-state index contributed by atoms with van der Waals surface area (Å²) in [5, 5.41) is 4.51. The van der Waals surface area contributed by atoms with Crippen LogP contribution in [-0.4, -0.2) is 17.6 Å². The molecule has 0 aliphatic rings. The lowest BCUT2D eigenvalue weighted by atomic mass is 10.3. The van der Waals surface area contributed by atoms with Crippen molar-refractivity contribution in [3.05, 3.63) is 38.0 Å². The van der Waals surface area contributed by atoms with Gasteiger partial charge >= 0.3 is 5.97 Å². The number of hydrogen-bond acceptors (Lipinski definition) is 5. The first-order valence-corrected chi connectivity index (χ1v) is 7.78. The number of aromatic nitrogens is 1. The van der Waals surface area contributed by atoms with Gasteiger partial charge in [0.15, 0.2) is 5.69 Å². The van der Waals surface area contributed by atoms with Gasteiger partial charge < -0.3 is 10.1 Å². The molecular formula is C12H10ClIN2O2S. The minimum Gasteiger partial charge on any atom is -0.461 e. The van der Waals surface area contributed by atoms with Crippen LogP contribution in [0.25, 0.3) is 0 Å². The van der Waals surface area contributed by atoms with Crippen LogP contribution in [0.2, 0.25) is 5.02 Å². The van der Waals surface area contributed by atoms with Crippen molar-refractivity contribution in [2.24, 2.45) is 0 Å². The number of thiazole rings is 1. The van der Waals surface area contributed by atoms with Gasteiger partial charge in [-0.05, 0) is 47.7 Å². The van der Waals surface area contributed by atoms with Gasteiger partial charge in [0.25, 0.3) is 0 Å². The Hall–Kier alpha value is -0.860. The van der Waals surface area contributed by atoms with Crippen molar-refractivity contribution in [1.29, 1.82) is 0 Å². The number of rotatable bonds is 4. The number of benzene rings is 1. The van der Waals surface area contributed by atoms with E-state index in [-0.39, 0.29) is 0 Å². The predicted molar refractivity (Wildman–Crippen MR) is 85.5 cm³/mol. The van der Waals surface area contributed by atoms with Gasteiger partial charge in [-0.1, -0.05) is 11.6 Å². The number of nitrogens with one attached hydrogen (secondary N) is 1. The van der Waals surface area contributed by atoms with Crippen molar-refractivity contribution in [3.8, 4) is 0 Å². The fourth-order valence-corrected chi connectivity index (χ4v) is 3.08. The fourth-order valence-electron chi connectivity index (χ4n) is 1.39. The van der Waals surface area contributed by atoms with Gasteiger partial charge in [-0.3, -0.25) is 0 Å². The van der Waals surface area contributed by atoms with E-state index in [2.05, 4.69) is 32.9 Å². The van der Waals surface area contributed by atoms with E-state index in [0.717, 1.165) is 9.26 Å². The average molecular weight is 409 g/mol. The molecule has 0 unspecified atom stereocenters. The maximum absolute atomic E-state index is 11.7. The Morgan fingerprint density at radius 1 is 1.58 bits per heavy atom. The molecule has 0 aliphatic heterocycles. The van der Waals surface area contributed by atoms with E-state index in [9.17, 15) is 4.79 Å². The maximum atomic E-state index is 11.7. The Labute approximate surface area is 133 Å². The molecule has 0 saturated carbocycles. The summed E-state index contributed by atoms with van der Waals surface area (Å²) in [4.78, 5) is 15.7. The topological polar surface area (TPSA) is 51.2 Å².